The molecule has 43 heavy (non-hydrogen) atoms. The Labute approximate surface area is 252 Å². The maximum atomic E-state index is 13.4. The van der Waals surface area contributed by atoms with Crippen LogP contribution < -0.4 is 32.4 Å². The molecule has 1 aliphatic rings. The van der Waals surface area contributed by atoms with Gasteiger partial charge in [-0.1, -0.05) is 10.9 Å². The third kappa shape index (κ3) is 5.45. The normalized spacial score (nSPS) is 17.4. The smallest absolute Gasteiger partial charge is 0.263 e. The summed E-state index contributed by atoms with van der Waals surface area (Å²) in [6.45, 7) is 9.42. The number of piperazine rings is 1. The fraction of sp³-hybridized carbons (Fsp3) is 0.367. The molecule has 5 rings (SSSR count). The minimum Gasteiger partial charge on any atom is -0.366 e. The van der Waals surface area contributed by atoms with Gasteiger partial charge in [0, 0.05) is 67.5 Å². The molecule has 1 fully saturated rings. The fourth-order valence-electron chi connectivity index (χ4n) is 5.65. The first-order valence-electron chi connectivity index (χ1n) is 14.0. The van der Waals surface area contributed by atoms with Crippen molar-refractivity contribution in [3.8, 4) is 11.1 Å². The molecule has 3 aromatic heterocycles. The summed E-state index contributed by atoms with van der Waals surface area (Å²) in [7, 11) is 16.3. The fourth-order valence-corrected chi connectivity index (χ4v) is 5.65. The second kappa shape index (κ2) is 11.4. The highest BCUT2D eigenvalue weighted by Gasteiger charge is 2.28. The minimum absolute atomic E-state index is 0.139. The van der Waals surface area contributed by atoms with Crippen LogP contribution in [-0.2, 0) is 18.4 Å². The first-order valence-corrected chi connectivity index (χ1v) is 14.0. The average molecular weight is 576 g/mol. The zero-order valence-corrected chi connectivity index (χ0v) is 25.3. The number of hydrogen-bond acceptors (Lipinski definition) is 7. The van der Waals surface area contributed by atoms with Gasteiger partial charge in [0.25, 0.3) is 5.56 Å². The Morgan fingerprint density at radius 1 is 1.05 bits per heavy atom. The second-order valence-electron chi connectivity index (χ2n) is 11.5. The largest absolute Gasteiger partial charge is 0.366 e. The van der Waals surface area contributed by atoms with Gasteiger partial charge in [-0.15, -0.1) is 0 Å². The first kappa shape index (κ1) is 30.1. The third-order valence-corrected chi connectivity index (χ3v) is 8.53. The van der Waals surface area contributed by atoms with Gasteiger partial charge in [0.05, 0.1) is 11.7 Å². The minimum atomic E-state index is -0.674. The van der Waals surface area contributed by atoms with E-state index in [1.54, 1.807) is 30.9 Å². The number of carbonyl (C=O) groups excluding carboxylic acids is 2. The standard InChI is InChI=1S/C30H34B2N8O3/c1-15-9-34-23(39-10-16(2)38(6)17(3)11-39)8-22(15)36-24(41)13-40-12-21(25-29(40)35-14-37(5)30(25)43)20-7-19(28(33)42)18(4)26(31)27(20)32/h7-9,12,14,16-17H,10-11,13H2,1-6H3,(H2,33,42)(H,34,36,41). The van der Waals surface area contributed by atoms with Crippen LogP contribution in [0.1, 0.15) is 35.3 Å². The van der Waals surface area contributed by atoms with Gasteiger partial charge in [0.15, 0.2) is 0 Å². The number of fused-ring (bicyclic) bond motifs is 1. The molecule has 0 saturated carbocycles. The van der Waals surface area contributed by atoms with Gasteiger partial charge >= 0.3 is 0 Å². The van der Waals surface area contributed by atoms with Crippen LogP contribution in [0, 0.1) is 13.8 Å². The SMILES string of the molecule is [B]c1c(-c2cn(CC(=O)Nc3cc(N4CC(C)N(C)C(C)C4)ncc3C)c3ncn(C)c(=O)c23)cc(C(N)=O)c(C)c1[B]. The van der Waals surface area contributed by atoms with E-state index in [0.29, 0.717) is 40.1 Å². The molecule has 13 heteroatoms. The van der Waals surface area contributed by atoms with Crippen LogP contribution in [0.2, 0.25) is 0 Å². The molecule has 0 spiro atoms. The number of nitrogens with one attached hydrogen (secondary N) is 1. The number of nitrogens with zero attached hydrogens (tertiary/aromatic N) is 6. The van der Waals surface area contributed by atoms with E-state index in [0.717, 1.165) is 24.5 Å². The number of benzene rings is 1. The van der Waals surface area contributed by atoms with Crippen LogP contribution >= 0.6 is 0 Å². The van der Waals surface area contributed by atoms with Crippen molar-refractivity contribution in [1.29, 1.82) is 0 Å². The third-order valence-electron chi connectivity index (χ3n) is 8.53. The molecule has 4 aromatic rings. The van der Waals surface area contributed by atoms with Crippen molar-refractivity contribution in [2.75, 3.05) is 30.4 Å². The predicted molar refractivity (Wildman–Crippen MR) is 171 cm³/mol. The molecule has 1 saturated heterocycles. The van der Waals surface area contributed by atoms with Gasteiger partial charge in [-0.25, -0.2) is 9.97 Å². The zero-order valence-electron chi connectivity index (χ0n) is 25.3. The van der Waals surface area contributed by atoms with Crippen LogP contribution in [0.25, 0.3) is 22.2 Å². The van der Waals surface area contributed by atoms with Crippen molar-refractivity contribution in [2.24, 2.45) is 12.8 Å². The summed E-state index contributed by atoms with van der Waals surface area (Å²) in [5, 5.41) is 3.25. The van der Waals surface area contributed by atoms with E-state index in [-0.39, 0.29) is 39.9 Å². The molecule has 3 N–H and O–H groups in total. The Bertz CT molecular complexity index is 1820. The lowest BCUT2D eigenvalue weighted by molar-refractivity contribution is -0.116. The number of primary amides is 1. The van der Waals surface area contributed by atoms with Gasteiger partial charge in [0.1, 0.15) is 33.7 Å². The summed E-state index contributed by atoms with van der Waals surface area (Å²) in [5.74, 6) is -0.197. The Kier molecular flexibility index (Phi) is 7.95. The molecule has 1 aliphatic heterocycles. The maximum absolute atomic E-state index is 13.4. The van der Waals surface area contributed by atoms with Crippen molar-refractivity contribution in [3.05, 3.63) is 57.9 Å². The maximum Gasteiger partial charge on any atom is 0.263 e. The highest BCUT2D eigenvalue weighted by molar-refractivity contribution is 6.52. The van der Waals surface area contributed by atoms with E-state index in [1.807, 2.05) is 13.0 Å². The number of hydrogen-bond donors (Lipinski definition) is 2. The molecule has 2 atom stereocenters. The van der Waals surface area contributed by atoms with Crippen LogP contribution in [0.15, 0.2) is 35.6 Å². The molecular formula is C30H34B2N8O3. The molecule has 0 bridgehead atoms. The zero-order chi connectivity index (χ0) is 31.3. The van der Waals surface area contributed by atoms with Gasteiger partial charge in [0.2, 0.25) is 11.8 Å². The molecular weight excluding hydrogens is 542 g/mol. The number of nitrogens with two attached hydrogens (primary N) is 1. The number of anilines is 2. The number of pyridine rings is 1. The van der Waals surface area contributed by atoms with Crippen molar-refractivity contribution in [2.45, 2.75) is 46.3 Å². The Balaban J connectivity index is 1.50. The van der Waals surface area contributed by atoms with Gasteiger partial charge < -0.3 is 25.1 Å². The lowest BCUT2D eigenvalue weighted by atomic mass is 9.72. The monoisotopic (exact) mass is 576 g/mol. The average Bonchev–Trinajstić information content (AvgIpc) is 3.31. The van der Waals surface area contributed by atoms with E-state index in [4.69, 9.17) is 21.4 Å². The van der Waals surface area contributed by atoms with Crippen molar-refractivity contribution in [3.63, 3.8) is 0 Å². The summed E-state index contributed by atoms with van der Waals surface area (Å²) < 4.78 is 2.92. The highest BCUT2D eigenvalue weighted by Crippen LogP contribution is 2.28. The molecule has 2 amide bonds. The van der Waals surface area contributed by atoms with E-state index in [2.05, 4.69) is 46.0 Å². The molecule has 4 radical (unpaired) electrons. The predicted octanol–water partition coefficient (Wildman–Crippen LogP) is 0.268. The van der Waals surface area contributed by atoms with Crippen molar-refractivity contribution >= 4 is 61.0 Å². The summed E-state index contributed by atoms with van der Waals surface area (Å²) >= 11 is 0. The number of carbonyl (C=O) groups is 2. The van der Waals surface area contributed by atoms with Crippen LogP contribution in [-0.4, -0.2) is 83.7 Å². The number of amides is 2. The molecule has 218 valence electrons. The summed E-state index contributed by atoms with van der Waals surface area (Å²) in [6.07, 6.45) is 4.78. The molecule has 0 aliphatic carbocycles. The number of rotatable bonds is 6. The van der Waals surface area contributed by atoms with E-state index < -0.39 is 5.91 Å². The van der Waals surface area contributed by atoms with Gasteiger partial charge in [-0.05, 0) is 57.5 Å². The van der Waals surface area contributed by atoms with E-state index in [1.165, 1.54) is 17.0 Å². The van der Waals surface area contributed by atoms with Crippen LogP contribution in [0.5, 0.6) is 0 Å². The molecule has 1 aromatic carbocycles. The summed E-state index contributed by atoms with van der Waals surface area (Å²) in [5.41, 5.74) is 8.80. The van der Waals surface area contributed by atoms with Crippen LogP contribution in [0.4, 0.5) is 11.5 Å². The first-order chi connectivity index (χ1) is 20.3. The van der Waals surface area contributed by atoms with Gasteiger partial charge in [-0.3, -0.25) is 19.3 Å². The van der Waals surface area contributed by atoms with E-state index in [9.17, 15) is 14.4 Å². The molecule has 11 nitrogen and oxygen atoms in total. The van der Waals surface area contributed by atoms with Crippen LogP contribution in [0.3, 0.4) is 0 Å². The number of aryl methyl sites for hydroxylation is 2. The number of aromatic nitrogens is 4. The number of likely N-dealkylation sites (N-methyl/N-ethyl adjacent to an activating group) is 1. The summed E-state index contributed by atoms with van der Waals surface area (Å²) in [4.78, 5) is 52.6. The lowest BCUT2D eigenvalue weighted by Gasteiger charge is -2.43. The molecule has 4 heterocycles. The van der Waals surface area contributed by atoms with Gasteiger partial charge in [-0.2, -0.15) is 0 Å². The lowest BCUT2D eigenvalue weighted by Crippen LogP contribution is -2.55. The Morgan fingerprint density at radius 2 is 1.72 bits per heavy atom. The second-order valence-corrected chi connectivity index (χ2v) is 11.5. The van der Waals surface area contributed by atoms with Crippen molar-refractivity contribution < 1.29 is 9.59 Å². The Hall–Kier alpha value is -4.38. The van der Waals surface area contributed by atoms with E-state index >= 15 is 0 Å². The topological polar surface area (TPSA) is 131 Å². The Morgan fingerprint density at radius 3 is 2.37 bits per heavy atom. The quantitative estimate of drug-likeness (QED) is 0.315. The summed E-state index contributed by atoms with van der Waals surface area (Å²) in [6, 6.07) is 4.14. The molecule has 2 unspecified atom stereocenters. The highest BCUT2D eigenvalue weighted by atomic mass is 16.2. The van der Waals surface area contributed by atoms with Crippen molar-refractivity contribution in [1.82, 2.24) is 24.0 Å².